The molecule has 4 heteroatoms. The first-order valence-electron chi connectivity index (χ1n) is 7.26. The fourth-order valence-corrected chi connectivity index (χ4v) is 2.71. The Hall–Kier alpha value is -0.450. The van der Waals surface area contributed by atoms with Gasteiger partial charge in [-0.15, -0.1) is 11.3 Å². The van der Waals surface area contributed by atoms with Crippen LogP contribution in [0, 0.1) is 0 Å². The monoisotopic (exact) mass is 284 g/mol. The molecule has 0 atom stereocenters. The van der Waals surface area contributed by atoms with Crippen molar-refractivity contribution in [2.24, 2.45) is 0 Å². The van der Waals surface area contributed by atoms with Crippen LogP contribution in [-0.4, -0.2) is 17.1 Å². The number of rotatable bonds is 8. The van der Waals surface area contributed by atoms with E-state index in [9.17, 15) is 0 Å². The van der Waals surface area contributed by atoms with E-state index < -0.39 is 0 Å². The third-order valence-corrected chi connectivity index (χ3v) is 3.73. The SMILES string of the molecule is CCCOCc1nc(CCC)c(CNC(C)(C)C)s1. The minimum Gasteiger partial charge on any atom is -0.374 e. The first-order chi connectivity index (χ1) is 8.96. The second-order valence-electron chi connectivity index (χ2n) is 5.88. The van der Waals surface area contributed by atoms with Crippen molar-refractivity contribution in [2.45, 2.75) is 72.6 Å². The predicted molar refractivity (Wildman–Crippen MR) is 82.6 cm³/mol. The molecular formula is C15H28N2OS. The molecule has 0 fully saturated rings. The van der Waals surface area contributed by atoms with Crippen LogP contribution in [0.15, 0.2) is 0 Å². The van der Waals surface area contributed by atoms with Gasteiger partial charge in [0.15, 0.2) is 0 Å². The van der Waals surface area contributed by atoms with E-state index >= 15 is 0 Å². The lowest BCUT2D eigenvalue weighted by atomic mass is 10.1. The van der Waals surface area contributed by atoms with Gasteiger partial charge < -0.3 is 10.1 Å². The standard InChI is InChI=1S/C15H28N2OS/c1-6-8-12-13(10-16-15(3,4)5)19-14(17-12)11-18-9-7-2/h16H,6-11H2,1-5H3. The zero-order valence-corrected chi connectivity index (χ0v) is 13.8. The summed E-state index contributed by atoms with van der Waals surface area (Å²) in [5, 5.41) is 4.66. The van der Waals surface area contributed by atoms with E-state index in [1.165, 1.54) is 10.6 Å². The lowest BCUT2D eigenvalue weighted by Gasteiger charge is -2.20. The summed E-state index contributed by atoms with van der Waals surface area (Å²) in [6.07, 6.45) is 3.26. The van der Waals surface area contributed by atoms with Crippen LogP contribution in [0.2, 0.25) is 0 Å². The highest BCUT2D eigenvalue weighted by Crippen LogP contribution is 2.21. The summed E-state index contributed by atoms with van der Waals surface area (Å²) in [6, 6.07) is 0. The van der Waals surface area contributed by atoms with Crippen molar-refractivity contribution in [3.8, 4) is 0 Å². The van der Waals surface area contributed by atoms with Crippen LogP contribution in [0.3, 0.4) is 0 Å². The summed E-state index contributed by atoms with van der Waals surface area (Å²) in [6.45, 7) is 13.3. The molecule has 110 valence electrons. The number of nitrogens with zero attached hydrogens (tertiary/aromatic N) is 1. The molecule has 1 rings (SSSR count). The van der Waals surface area contributed by atoms with Crippen LogP contribution in [0.25, 0.3) is 0 Å². The third-order valence-electron chi connectivity index (χ3n) is 2.66. The molecule has 1 heterocycles. The number of hydrogen-bond acceptors (Lipinski definition) is 4. The maximum atomic E-state index is 5.59. The molecule has 3 nitrogen and oxygen atoms in total. The first kappa shape index (κ1) is 16.6. The quantitative estimate of drug-likeness (QED) is 0.735. The second-order valence-corrected chi connectivity index (χ2v) is 7.05. The van der Waals surface area contributed by atoms with E-state index in [2.05, 4.69) is 39.9 Å². The molecule has 0 aromatic carbocycles. The highest BCUT2D eigenvalue weighted by atomic mass is 32.1. The van der Waals surface area contributed by atoms with Gasteiger partial charge in [0.2, 0.25) is 0 Å². The van der Waals surface area contributed by atoms with E-state index in [1.807, 2.05) is 0 Å². The van der Waals surface area contributed by atoms with Crippen LogP contribution < -0.4 is 5.32 Å². The number of ether oxygens (including phenoxy) is 1. The van der Waals surface area contributed by atoms with Crippen molar-refractivity contribution in [3.05, 3.63) is 15.6 Å². The van der Waals surface area contributed by atoms with Gasteiger partial charge in [-0.25, -0.2) is 4.98 Å². The Balaban J connectivity index is 2.65. The van der Waals surface area contributed by atoms with Gasteiger partial charge in [-0.05, 0) is 33.6 Å². The van der Waals surface area contributed by atoms with Gasteiger partial charge in [0.05, 0.1) is 12.3 Å². The summed E-state index contributed by atoms with van der Waals surface area (Å²) < 4.78 is 5.59. The second kappa shape index (κ2) is 7.98. The van der Waals surface area contributed by atoms with Gasteiger partial charge in [0.1, 0.15) is 5.01 Å². The molecule has 1 aromatic heterocycles. The summed E-state index contributed by atoms with van der Waals surface area (Å²) in [5.74, 6) is 0. The minimum atomic E-state index is 0.145. The Bertz CT molecular complexity index is 369. The van der Waals surface area contributed by atoms with E-state index in [0.717, 1.165) is 37.4 Å². The van der Waals surface area contributed by atoms with Crippen LogP contribution >= 0.6 is 11.3 Å². The Morgan fingerprint density at radius 1 is 1.21 bits per heavy atom. The predicted octanol–water partition coefficient (Wildman–Crippen LogP) is 3.91. The summed E-state index contributed by atoms with van der Waals surface area (Å²) in [4.78, 5) is 6.09. The molecular weight excluding hydrogens is 256 g/mol. The molecule has 0 saturated heterocycles. The Kier molecular flexibility index (Phi) is 6.97. The third kappa shape index (κ3) is 6.50. The zero-order valence-electron chi connectivity index (χ0n) is 13.0. The summed E-state index contributed by atoms with van der Waals surface area (Å²) in [5.41, 5.74) is 1.39. The van der Waals surface area contributed by atoms with Crippen LogP contribution in [0.5, 0.6) is 0 Å². The van der Waals surface area contributed by atoms with Crippen LogP contribution in [0.1, 0.15) is 63.0 Å². The molecule has 0 aliphatic rings. The maximum absolute atomic E-state index is 5.59. The molecule has 0 aliphatic carbocycles. The molecule has 0 bridgehead atoms. The van der Waals surface area contributed by atoms with E-state index in [-0.39, 0.29) is 5.54 Å². The van der Waals surface area contributed by atoms with E-state index in [4.69, 9.17) is 9.72 Å². The van der Waals surface area contributed by atoms with Crippen molar-refractivity contribution >= 4 is 11.3 Å². The van der Waals surface area contributed by atoms with Crippen molar-refractivity contribution in [1.29, 1.82) is 0 Å². The fraction of sp³-hybridized carbons (Fsp3) is 0.800. The Labute approximate surface area is 121 Å². The highest BCUT2D eigenvalue weighted by molar-refractivity contribution is 7.11. The Morgan fingerprint density at radius 2 is 1.95 bits per heavy atom. The molecule has 0 aliphatic heterocycles. The van der Waals surface area contributed by atoms with Gasteiger partial charge in [0.25, 0.3) is 0 Å². The number of thiazole rings is 1. The van der Waals surface area contributed by atoms with Crippen molar-refractivity contribution in [1.82, 2.24) is 10.3 Å². The maximum Gasteiger partial charge on any atom is 0.119 e. The van der Waals surface area contributed by atoms with Gasteiger partial charge in [-0.3, -0.25) is 0 Å². The van der Waals surface area contributed by atoms with Crippen LogP contribution in [0.4, 0.5) is 0 Å². The van der Waals surface area contributed by atoms with Crippen molar-refractivity contribution in [2.75, 3.05) is 6.61 Å². The van der Waals surface area contributed by atoms with E-state index in [0.29, 0.717) is 6.61 Å². The lowest BCUT2D eigenvalue weighted by molar-refractivity contribution is 0.121. The zero-order chi connectivity index (χ0) is 14.3. The molecule has 0 unspecified atom stereocenters. The molecule has 1 aromatic rings. The largest absolute Gasteiger partial charge is 0.374 e. The molecule has 0 amide bonds. The number of aryl methyl sites for hydroxylation is 1. The fourth-order valence-electron chi connectivity index (χ4n) is 1.72. The highest BCUT2D eigenvalue weighted by Gasteiger charge is 2.14. The van der Waals surface area contributed by atoms with Gasteiger partial charge >= 0.3 is 0 Å². The lowest BCUT2D eigenvalue weighted by Crippen LogP contribution is -2.35. The molecule has 0 radical (unpaired) electrons. The molecule has 19 heavy (non-hydrogen) atoms. The smallest absolute Gasteiger partial charge is 0.119 e. The molecule has 1 N–H and O–H groups in total. The minimum absolute atomic E-state index is 0.145. The number of hydrogen-bond donors (Lipinski definition) is 1. The average molecular weight is 284 g/mol. The topological polar surface area (TPSA) is 34.1 Å². The van der Waals surface area contributed by atoms with Gasteiger partial charge in [-0.1, -0.05) is 20.3 Å². The first-order valence-corrected chi connectivity index (χ1v) is 8.08. The number of aromatic nitrogens is 1. The Morgan fingerprint density at radius 3 is 2.53 bits per heavy atom. The van der Waals surface area contributed by atoms with Gasteiger partial charge in [-0.2, -0.15) is 0 Å². The molecule has 0 saturated carbocycles. The summed E-state index contributed by atoms with van der Waals surface area (Å²) in [7, 11) is 0. The van der Waals surface area contributed by atoms with Gasteiger partial charge in [0, 0.05) is 23.6 Å². The normalized spacial score (nSPS) is 12.1. The molecule has 0 spiro atoms. The van der Waals surface area contributed by atoms with Crippen molar-refractivity contribution < 1.29 is 4.74 Å². The van der Waals surface area contributed by atoms with Crippen molar-refractivity contribution in [3.63, 3.8) is 0 Å². The van der Waals surface area contributed by atoms with E-state index in [1.54, 1.807) is 11.3 Å². The summed E-state index contributed by atoms with van der Waals surface area (Å²) >= 11 is 1.79. The number of nitrogens with one attached hydrogen (secondary N) is 1. The van der Waals surface area contributed by atoms with Crippen LogP contribution in [-0.2, 0) is 24.3 Å². The average Bonchev–Trinajstić information content (AvgIpc) is 2.69.